The Hall–Kier alpha value is -0.780. The van der Waals surface area contributed by atoms with E-state index in [1.807, 2.05) is 0 Å². The zero-order valence-corrected chi connectivity index (χ0v) is 10.7. The number of nitrogens with zero attached hydrogens (tertiary/aromatic N) is 1. The minimum absolute atomic E-state index is 0.267. The fraction of sp³-hybridized carbons (Fsp3) is 0.455. The van der Waals surface area contributed by atoms with Gasteiger partial charge in [0.25, 0.3) is 5.91 Å². The van der Waals surface area contributed by atoms with Crippen molar-refractivity contribution in [1.29, 1.82) is 0 Å². The summed E-state index contributed by atoms with van der Waals surface area (Å²) in [6.45, 7) is 0.267. The summed E-state index contributed by atoms with van der Waals surface area (Å²) in [7, 11) is 0. The van der Waals surface area contributed by atoms with Crippen LogP contribution < -0.4 is 5.32 Å². The Morgan fingerprint density at radius 3 is 3.06 bits per heavy atom. The molecule has 92 valence electrons. The van der Waals surface area contributed by atoms with Crippen LogP contribution >= 0.6 is 23.4 Å². The highest BCUT2D eigenvalue weighted by atomic mass is 35.5. The molecule has 2 heterocycles. The molecule has 0 spiro atoms. The molecular weight excluding hydrogens is 260 g/mol. The van der Waals surface area contributed by atoms with Crippen LogP contribution in [0.1, 0.15) is 16.9 Å². The van der Waals surface area contributed by atoms with E-state index in [1.165, 1.54) is 6.20 Å². The van der Waals surface area contributed by atoms with E-state index in [4.69, 9.17) is 11.6 Å². The quantitative estimate of drug-likeness (QED) is 0.872. The number of halogens is 1. The number of aliphatic hydroxyl groups is 1. The van der Waals surface area contributed by atoms with Gasteiger partial charge in [-0.3, -0.25) is 4.79 Å². The monoisotopic (exact) mass is 272 g/mol. The smallest absolute Gasteiger partial charge is 0.269 e. The molecule has 1 aliphatic rings. The van der Waals surface area contributed by atoms with Crippen molar-refractivity contribution in [2.45, 2.75) is 12.0 Å². The van der Waals surface area contributed by atoms with Crippen molar-refractivity contribution in [3.63, 3.8) is 0 Å². The van der Waals surface area contributed by atoms with Gasteiger partial charge < -0.3 is 10.4 Å². The van der Waals surface area contributed by atoms with Gasteiger partial charge in [0.05, 0.1) is 10.6 Å². The first kappa shape index (κ1) is 12.7. The molecule has 1 fully saturated rings. The first-order valence-corrected chi connectivity index (χ1v) is 6.82. The maximum atomic E-state index is 11.7. The minimum atomic E-state index is -0.771. The van der Waals surface area contributed by atoms with Crippen LogP contribution in [-0.2, 0) is 0 Å². The van der Waals surface area contributed by atoms with Crippen LogP contribution in [0.15, 0.2) is 18.3 Å². The second-order valence-electron chi connectivity index (χ2n) is 4.07. The third-order valence-electron chi connectivity index (χ3n) is 2.62. The summed E-state index contributed by atoms with van der Waals surface area (Å²) in [5, 5.41) is 13.2. The van der Waals surface area contributed by atoms with E-state index < -0.39 is 5.60 Å². The summed E-state index contributed by atoms with van der Waals surface area (Å²) in [5.41, 5.74) is -0.462. The molecule has 6 heteroatoms. The summed E-state index contributed by atoms with van der Waals surface area (Å²) in [6, 6.07) is 3.18. The average molecular weight is 273 g/mol. The molecule has 2 N–H and O–H groups in total. The van der Waals surface area contributed by atoms with Gasteiger partial charge >= 0.3 is 0 Å². The molecule has 1 aliphatic heterocycles. The normalized spacial score (nSPS) is 23.6. The first-order chi connectivity index (χ1) is 8.09. The Bertz CT molecular complexity index is 404. The molecule has 0 saturated carbocycles. The van der Waals surface area contributed by atoms with E-state index in [0.717, 1.165) is 5.75 Å². The molecule has 1 amide bonds. The molecule has 1 aromatic heterocycles. The molecule has 1 unspecified atom stereocenters. The zero-order valence-electron chi connectivity index (χ0n) is 9.15. The number of carbonyl (C=O) groups excluding carboxylic acids is 1. The lowest BCUT2D eigenvalue weighted by atomic mass is 10.0. The molecule has 1 aromatic rings. The molecule has 1 atom stereocenters. The van der Waals surface area contributed by atoms with Gasteiger partial charge in [0.1, 0.15) is 5.69 Å². The van der Waals surface area contributed by atoms with E-state index in [0.29, 0.717) is 22.9 Å². The second-order valence-corrected chi connectivity index (χ2v) is 5.61. The van der Waals surface area contributed by atoms with Gasteiger partial charge in [0.2, 0.25) is 0 Å². The van der Waals surface area contributed by atoms with Crippen molar-refractivity contribution in [1.82, 2.24) is 10.3 Å². The molecular formula is C11H13ClN2O2S. The van der Waals surface area contributed by atoms with Gasteiger partial charge in [0.15, 0.2) is 0 Å². The third-order valence-corrected chi connectivity index (χ3v) is 4.08. The van der Waals surface area contributed by atoms with Crippen LogP contribution in [-0.4, -0.2) is 39.6 Å². The molecule has 17 heavy (non-hydrogen) atoms. The van der Waals surface area contributed by atoms with Crippen LogP contribution in [0.25, 0.3) is 0 Å². The standard InChI is InChI=1S/C11H13ClN2O2S/c12-8-1-2-9(13-5-8)10(15)14-6-11(16)3-4-17-7-11/h1-2,5,16H,3-4,6-7H2,(H,14,15). The lowest BCUT2D eigenvalue weighted by Gasteiger charge is -2.21. The van der Waals surface area contributed by atoms with Crippen LogP contribution in [0.3, 0.4) is 0 Å². The summed E-state index contributed by atoms with van der Waals surface area (Å²) >= 11 is 7.38. The van der Waals surface area contributed by atoms with E-state index in [2.05, 4.69) is 10.3 Å². The fourth-order valence-electron chi connectivity index (χ4n) is 1.58. The van der Waals surface area contributed by atoms with Crippen molar-refractivity contribution in [3.8, 4) is 0 Å². The van der Waals surface area contributed by atoms with Gasteiger partial charge in [-0.2, -0.15) is 11.8 Å². The lowest BCUT2D eigenvalue weighted by Crippen LogP contribution is -2.43. The number of nitrogens with one attached hydrogen (secondary N) is 1. The SMILES string of the molecule is O=C(NCC1(O)CCSC1)c1ccc(Cl)cn1. The summed E-state index contributed by atoms with van der Waals surface area (Å²) in [5.74, 6) is 1.32. The van der Waals surface area contributed by atoms with Crippen molar-refractivity contribution in [3.05, 3.63) is 29.0 Å². The molecule has 4 nitrogen and oxygen atoms in total. The number of amides is 1. The highest BCUT2D eigenvalue weighted by Crippen LogP contribution is 2.26. The highest BCUT2D eigenvalue weighted by molar-refractivity contribution is 7.99. The summed E-state index contributed by atoms with van der Waals surface area (Å²) in [6.07, 6.45) is 2.14. The Balaban J connectivity index is 1.91. The second kappa shape index (κ2) is 5.25. The van der Waals surface area contributed by atoms with Gasteiger partial charge in [-0.1, -0.05) is 11.6 Å². The molecule has 0 bridgehead atoms. The fourth-order valence-corrected chi connectivity index (χ4v) is 2.99. The van der Waals surface area contributed by atoms with Crippen molar-refractivity contribution >= 4 is 29.3 Å². The number of hydrogen-bond acceptors (Lipinski definition) is 4. The largest absolute Gasteiger partial charge is 0.387 e. The molecule has 2 rings (SSSR count). The van der Waals surface area contributed by atoms with Crippen molar-refractivity contribution in [2.24, 2.45) is 0 Å². The number of carbonyl (C=O) groups is 1. The Kier molecular flexibility index (Phi) is 3.91. The van der Waals surface area contributed by atoms with Crippen LogP contribution in [0.5, 0.6) is 0 Å². The average Bonchev–Trinajstić information content (AvgIpc) is 2.75. The van der Waals surface area contributed by atoms with Gasteiger partial charge in [-0.15, -0.1) is 0 Å². The number of thioether (sulfide) groups is 1. The number of rotatable bonds is 3. The van der Waals surface area contributed by atoms with Gasteiger partial charge in [0, 0.05) is 18.5 Å². The van der Waals surface area contributed by atoms with Crippen molar-refractivity contribution < 1.29 is 9.90 Å². The van der Waals surface area contributed by atoms with E-state index >= 15 is 0 Å². The lowest BCUT2D eigenvalue weighted by molar-refractivity contribution is 0.0611. The predicted octanol–water partition coefficient (Wildman–Crippen LogP) is 1.33. The maximum Gasteiger partial charge on any atom is 0.269 e. The van der Waals surface area contributed by atoms with Gasteiger partial charge in [-0.05, 0) is 24.3 Å². The maximum absolute atomic E-state index is 11.7. The Labute approximate surface area is 109 Å². The number of hydrogen-bond donors (Lipinski definition) is 2. The zero-order chi connectivity index (χ0) is 12.3. The topological polar surface area (TPSA) is 62.2 Å². The van der Waals surface area contributed by atoms with Crippen LogP contribution in [0.2, 0.25) is 5.02 Å². The van der Waals surface area contributed by atoms with Crippen LogP contribution in [0.4, 0.5) is 0 Å². The number of aromatic nitrogens is 1. The Morgan fingerprint density at radius 1 is 1.65 bits per heavy atom. The predicted molar refractivity (Wildman–Crippen MR) is 68.5 cm³/mol. The van der Waals surface area contributed by atoms with Gasteiger partial charge in [-0.25, -0.2) is 4.98 Å². The van der Waals surface area contributed by atoms with Crippen LogP contribution in [0, 0.1) is 0 Å². The summed E-state index contributed by atoms with van der Waals surface area (Å²) < 4.78 is 0. The van der Waals surface area contributed by atoms with E-state index in [9.17, 15) is 9.90 Å². The molecule has 1 saturated heterocycles. The first-order valence-electron chi connectivity index (χ1n) is 5.29. The third kappa shape index (κ3) is 3.34. The van der Waals surface area contributed by atoms with E-state index in [1.54, 1.807) is 23.9 Å². The highest BCUT2D eigenvalue weighted by Gasteiger charge is 2.32. The molecule has 0 aliphatic carbocycles. The number of pyridine rings is 1. The minimum Gasteiger partial charge on any atom is -0.387 e. The van der Waals surface area contributed by atoms with E-state index in [-0.39, 0.29) is 12.5 Å². The van der Waals surface area contributed by atoms with Crippen molar-refractivity contribution in [2.75, 3.05) is 18.1 Å². The summed E-state index contributed by atoms with van der Waals surface area (Å²) in [4.78, 5) is 15.6. The molecule has 0 radical (unpaired) electrons. The molecule has 0 aromatic carbocycles. The Morgan fingerprint density at radius 2 is 2.47 bits per heavy atom.